The zero-order valence-electron chi connectivity index (χ0n) is 13.1. The second-order valence-corrected chi connectivity index (χ2v) is 7.91. The number of carbonyl (C=O) groups is 2. The van der Waals surface area contributed by atoms with Crippen molar-refractivity contribution in [3.05, 3.63) is 29.8 Å². The second-order valence-electron chi connectivity index (χ2n) is 5.97. The number of sulfonamides is 1. The molecule has 124 valence electrons. The predicted molar refractivity (Wildman–Crippen MR) is 83.1 cm³/mol. The first-order chi connectivity index (χ1) is 10.8. The van der Waals surface area contributed by atoms with E-state index in [2.05, 4.69) is 0 Å². The normalized spacial score (nSPS) is 23.1. The lowest BCUT2D eigenvalue weighted by molar-refractivity contribution is -0.156. The summed E-state index contributed by atoms with van der Waals surface area (Å²) < 4.78 is 26.8. The fourth-order valence-corrected chi connectivity index (χ4v) is 4.41. The summed E-state index contributed by atoms with van der Waals surface area (Å²) >= 11 is 0. The molecule has 0 saturated carbocycles. The first-order valence-electron chi connectivity index (χ1n) is 7.42. The molecule has 2 amide bonds. The number of nitrogens with zero attached hydrogens (tertiary/aromatic N) is 3. The highest BCUT2D eigenvalue weighted by Gasteiger charge is 2.44. The molecule has 1 atom stereocenters. The van der Waals surface area contributed by atoms with Crippen molar-refractivity contribution in [1.29, 1.82) is 0 Å². The van der Waals surface area contributed by atoms with Crippen molar-refractivity contribution in [1.82, 2.24) is 14.1 Å². The smallest absolute Gasteiger partial charge is 0.246 e. The van der Waals surface area contributed by atoms with Crippen LogP contribution in [-0.2, 0) is 19.6 Å². The van der Waals surface area contributed by atoms with Gasteiger partial charge < -0.3 is 9.80 Å². The van der Waals surface area contributed by atoms with Crippen LogP contribution in [0, 0.1) is 6.92 Å². The summed E-state index contributed by atoms with van der Waals surface area (Å²) in [5.41, 5.74) is 0.975. The van der Waals surface area contributed by atoms with E-state index in [0.717, 1.165) is 5.56 Å². The molecule has 2 aliphatic heterocycles. The van der Waals surface area contributed by atoms with E-state index >= 15 is 0 Å². The van der Waals surface area contributed by atoms with Crippen molar-refractivity contribution >= 4 is 21.8 Å². The number of likely N-dealkylation sites (N-methyl/N-ethyl adjacent to an activating group) is 1. The van der Waals surface area contributed by atoms with Gasteiger partial charge in [-0.2, -0.15) is 4.31 Å². The van der Waals surface area contributed by atoms with Crippen LogP contribution in [-0.4, -0.2) is 73.6 Å². The first-order valence-corrected chi connectivity index (χ1v) is 8.86. The maximum absolute atomic E-state index is 12.7. The minimum atomic E-state index is -3.66. The quantitative estimate of drug-likeness (QED) is 0.740. The van der Waals surface area contributed by atoms with Crippen LogP contribution in [0.1, 0.15) is 5.56 Å². The molecule has 0 bridgehead atoms. The fourth-order valence-electron chi connectivity index (χ4n) is 2.97. The van der Waals surface area contributed by atoms with Crippen LogP contribution in [0.25, 0.3) is 0 Å². The Hall–Kier alpha value is -1.93. The Morgan fingerprint density at radius 1 is 1.09 bits per heavy atom. The van der Waals surface area contributed by atoms with Crippen molar-refractivity contribution < 1.29 is 18.0 Å². The van der Waals surface area contributed by atoms with Gasteiger partial charge in [-0.15, -0.1) is 0 Å². The summed E-state index contributed by atoms with van der Waals surface area (Å²) in [6.07, 6.45) is 0. The van der Waals surface area contributed by atoms with Gasteiger partial charge in [0.2, 0.25) is 21.8 Å². The van der Waals surface area contributed by atoms with Gasteiger partial charge in [-0.05, 0) is 19.1 Å². The lowest BCUT2D eigenvalue weighted by Gasteiger charge is -2.44. The highest BCUT2D eigenvalue weighted by Crippen LogP contribution is 2.23. The SMILES string of the molecule is Cc1ccc(S(=O)(=O)N2CCN3C(=O)CN(C)C(=O)[C@H]3C2)cc1. The molecule has 0 N–H and O–H groups in total. The molecule has 0 radical (unpaired) electrons. The number of hydrogen-bond donors (Lipinski definition) is 0. The summed E-state index contributed by atoms with van der Waals surface area (Å²) in [6, 6.07) is 5.89. The Labute approximate surface area is 135 Å². The third kappa shape index (κ3) is 2.72. The lowest BCUT2D eigenvalue weighted by Crippen LogP contribution is -2.66. The lowest BCUT2D eigenvalue weighted by atomic mass is 10.1. The van der Waals surface area contributed by atoms with Crippen molar-refractivity contribution in [3.8, 4) is 0 Å². The molecule has 0 aliphatic carbocycles. The molecule has 2 fully saturated rings. The molecule has 2 saturated heterocycles. The minimum absolute atomic E-state index is 0.00508. The molecule has 1 aromatic rings. The van der Waals surface area contributed by atoms with Gasteiger partial charge in [0.1, 0.15) is 6.04 Å². The van der Waals surface area contributed by atoms with Crippen LogP contribution in [0.3, 0.4) is 0 Å². The van der Waals surface area contributed by atoms with Crippen LogP contribution in [0.15, 0.2) is 29.2 Å². The van der Waals surface area contributed by atoms with Gasteiger partial charge in [0.15, 0.2) is 0 Å². The monoisotopic (exact) mass is 337 g/mol. The van der Waals surface area contributed by atoms with Crippen molar-refractivity contribution in [2.75, 3.05) is 33.2 Å². The average Bonchev–Trinajstić information content (AvgIpc) is 2.52. The maximum Gasteiger partial charge on any atom is 0.246 e. The molecular formula is C15H19N3O4S. The van der Waals surface area contributed by atoms with E-state index in [4.69, 9.17) is 0 Å². The summed E-state index contributed by atoms with van der Waals surface area (Å²) in [5.74, 6) is -0.349. The topological polar surface area (TPSA) is 78.0 Å². The fraction of sp³-hybridized carbons (Fsp3) is 0.467. The van der Waals surface area contributed by atoms with E-state index in [0.29, 0.717) is 0 Å². The van der Waals surface area contributed by atoms with Gasteiger partial charge in [0, 0.05) is 26.7 Å². The van der Waals surface area contributed by atoms with Gasteiger partial charge in [0.25, 0.3) is 0 Å². The summed E-state index contributed by atoms with van der Waals surface area (Å²) in [4.78, 5) is 27.3. The molecule has 2 heterocycles. The highest BCUT2D eigenvalue weighted by atomic mass is 32.2. The Bertz CT molecular complexity index is 744. The average molecular weight is 337 g/mol. The number of rotatable bonds is 2. The predicted octanol–water partition coefficient (Wildman–Crippen LogP) is -0.331. The molecular weight excluding hydrogens is 318 g/mol. The zero-order valence-corrected chi connectivity index (χ0v) is 13.9. The molecule has 8 heteroatoms. The van der Waals surface area contributed by atoms with E-state index in [1.54, 1.807) is 31.3 Å². The number of fused-ring (bicyclic) bond motifs is 1. The summed E-state index contributed by atoms with van der Waals surface area (Å²) in [7, 11) is -2.10. The van der Waals surface area contributed by atoms with Crippen LogP contribution >= 0.6 is 0 Å². The molecule has 0 unspecified atom stereocenters. The van der Waals surface area contributed by atoms with Gasteiger partial charge in [0.05, 0.1) is 11.4 Å². The molecule has 1 aromatic carbocycles. The van der Waals surface area contributed by atoms with Crippen LogP contribution in [0.5, 0.6) is 0 Å². The molecule has 0 aromatic heterocycles. The Morgan fingerprint density at radius 3 is 2.39 bits per heavy atom. The van der Waals surface area contributed by atoms with Gasteiger partial charge in [-0.3, -0.25) is 9.59 Å². The third-order valence-electron chi connectivity index (χ3n) is 4.36. The number of benzene rings is 1. The van der Waals surface area contributed by atoms with Crippen LogP contribution in [0.4, 0.5) is 0 Å². The molecule has 3 rings (SSSR count). The molecule has 2 aliphatic rings. The third-order valence-corrected chi connectivity index (χ3v) is 6.24. The number of hydrogen-bond acceptors (Lipinski definition) is 4. The van der Waals surface area contributed by atoms with Crippen LogP contribution in [0.2, 0.25) is 0 Å². The summed E-state index contributed by atoms with van der Waals surface area (Å²) in [6.45, 7) is 2.39. The van der Waals surface area contributed by atoms with E-state index in [1.165, 1.54) is 14.1 Å². The Balaban J connectivity index is 1.86. The maximum atomic E-state index is 12.7. The van der Waals surface area contributed by atoms with E-state index in [9.17, 15) is 18.0 Å². The number of piperazine rings is 2. The van der Waals surface area contributed by atoms with Gasteiger partial charge >= 0.3 is 0 Å². The summed E-state index contributed by atoms with van der Waals surface area (Å²) in [5, 5.41) is 0. The molecule has 0 spiro atoms. The molecule has 23 heavy (non-hydrogen) atoms. The standard InChI is InChI=1S/C15H19N3O4S/c1-11-3-5-12(6-4-11)23(21,22)17-7-8-18-13(9-17)15(20)16(2)10-14(18)19/h3-6,13H,7-10H2,1-2H3/t13-/m1/s1. The Morgan fingerprint density at radius 2 is 1.74 bits per heavy atom. The van der Waals surface area contributed by atoms with Gasteiger partial charge in [-0.25, -0.2) is 8.42 Å². The van der Waals surface area contributed by atoms with Crippen molar-refractivity contribution in [2.45, 2.75) is 17.9 Å². The largest absolute Gasteiger partial charge is 0.335 e. The number of carbonyl (C=O) groups excluding carboxylic acids is 2. The van der Waals surface area contributed by atoms with E-state index in [1.807, 2.05) is 6.92 Å². The second kappa shape index (κ2) is 5.61. The Kier molecular flexibility index (Phi) is 3.89. The number of aryl methyl sites for hydroxylation is 1. The zero-order chi connectivity index (χ0) is 16.8. The van der Waals surface area contributed by atoms with E-state index < -0.39 is 16.1 Å². The van der Waals surface area contributed by atoms with Crippen LogP contribution < -0.4 is 0 Å². The van der Waals surface area contributed by atoms with Gasteiger partial charge in [-0.1, -0.05) is 17.7 Å². The molecule has 7 nitrogen and oxygen atoms in total. The van der Waals surface area contributed by atoms with E-state index in [-0.39, 0.29) is 42.9 Å². The number of amides is 2. The van der Waals surface area contributed by atoms with Crippen molar-refractivity contribution in [2.24, 2.45) is 0 Å². The highest BCUT2D eigenvalue weighted by molar-refractivity contribution is 7.89. The first kappa shape index (κ1) is 15.9. The van der Waals surface area contributed by atoms with Crippen molar-refractivity contribution in [3.63, 3.8) is 0 Å². The minimum Gasteiger partial charge on any atom is -0.335 e.